The van der Waals surface area contributed by atoms with Crippen LogP contribution in [0.5, 0.6) is 5.75 Å². The number of benzene rings is 3. The highest BCUT2D eigenvalue weighted by Crippen LogP contribution is 2.36. The number of fused-ring (bicyclic) bond motifs is 1. The van der Waals surface area contributed by atoms with Crippen molar-refractivity contribution < 1.29 is 5.11 Å². The molecule has 3 aromatic carbocycles. The van der Waals surface area contributed by atoms with Crippen LogP contribution in [-0.4, -0.2) is 24.7 Å². The fourth-order valence-corrected chi connectivity index (χ4v) is 3.77. The second-order valence-electron chi connectivity index (χ2n) is 6.95. The van der Waals surface area contributed by atoms with Gasteiger partial charge in [0.2, 0.25) is 0 Å². The molecule has 0 atom stereocenters. The summed E-state index contributed by atoms with van der Waals surface area (Å²) >= 11 is 6.09. The van der Waals surface area contributed by atoms with E-state index in [0.717, 1.165) is 22.4 Å². The lowest BCUT2D eigenvalue weighted by atomic mass is 9.94. The predicted octanol–water partition coefficient (Wildman–Crippen LogP) is 5.41. The maximum Gasteiger partial charge on any atom is 0.253 e. The molecule has 5 nitrogen and oxygen atoms in total. The highest BCUT2D eigenvalue weighted by molar-refractivity contribution is 6.30. The van der Waals surface area contributed by atoms with Gasteiger partial charge in [0.05, 0.1) is 11.4 Å². The number of rotatable bonds is 4. The average molecular weight is 413 g/mol. The summed E-state index contributed by atoms with van der Waals surface area (Å²) in [4.78, 5) is 9.09. The molecule has 0 spiro atoms. The topological polar surface area (TPSA) is 63.3 Å². The van der Waals surface area contributed by atoms with Gasteiger partial charge in [0.15, 0.2) is 0 Å². The zero-order chi connectivity index (χ0) is 20.5. The van der Waals surface area contributed by atoms with Crippen LogP contribution in [0.4, 0.5) is 0 Å². The number of nitrogens with zero attached hydrogens (tertiary/aromatic N) is 4. The fraction of sp³-hybridized carbons (Fsp3) is 0.0417. The summed E-state index contributed by atoms with van der Waals surface area (Å²) in [5.74, 6) is 0.650. The zero-order valence-electron chi connectivity index (χ0n) is 15.9. The Labute approximate surface area is 178 Å². The zero-order valence-corrected chi connectivity index (χ0v) is 16.7. The minimum absolute atomic E-state index is 0.172. The predicted molar refractivity (Wildman–Crippen MR) is 118 cm³/mol. The number of hydrogen-bond acceptors (Lipinski definition) is 4. The van der Waals surface area contributed by atoms with Crippen LogP contribution in [0.25, 0.3) is 28.3 Å². The third kappa shape index (κ3) is 3.29. The molecule has 2 heterocycles. The van der Waals surface area contributed by atoms with Gasteiger partial charge in [0.1, 0.15) is 12.1 Å². The van der Waals surface area contributed by atoms with Crippen molar-refractivity contribution in [1.82, 2.24) is 19.6 Å². The van der Waals surface area contributed by atoms with Gasteiger partial charge in [-0.2, -0.15) is 14.6 Å². The van der Waals surface area contributed by atoms with Gasteiger partial charge >= 0.3 is 0 Å². The van der Waals surface area contributed by atoms with Crippen LogP contribution in [0, 0.1) is 0 Å². The Morgan fingerprint density at radius 1 is 0.867 bits per heavy atom. The van der Waals surface area contributed by atoms with Crippen molar-refractivity contribution in [3.8, 4) is 28.3 Å². The van der Waals surface area contributed by atoms with Gasteiger partial charge < -0.3 is 5.11 Å². The molecule has 0 aliphatic rings. The summed E-state index contributed by atoms with van der Waals surface area (Å²) < 4.78 is 1.75. The first-order valence-electron chi connectivity index (χ1n) is 9.51. The first-order valence-corrected chi connectivity index (χ1v) is 9.89. The second kappa shape index (κ2) is 7.61. The fourth-order valence-electron chi connectivity index (χ4n) is 3.64. The van der Waals surface area contributed by atoms with Crippen LogP contribution in [0.1, 0.15) is 11.1 Å². The summed E-state index contributed by atoms with van der Waals surface area (Å²) in [6, 6.07) is 25.0. The maximum atomic E-state index is 10.6. The molecule has 0 unspecified atom stereocenters. The molecule has 1 N–H and O–H groups in total. The lowest BCUT2D eigenvalue weighted by Crippen LogP contribution is -2.07. The normalized spacial score (nSPS) is 11.1. The SMILES string of the molecule is Oc1ccccc1-c1nc2ncnn2c(-c2ccccc2)c1Cc1ccc(Cl)cc1. The van der Waals surface area contributed by atoms with Crippen LogP contribution in [0.2, 0.25) is 5.02 Å². The van der Waals surface area contributed by atoms with E-state index < -0.39 is 0 Å². The number of halogens is 1. The van der Waals surface area contributed by atoms with E-state index in [4.69, 9.17) is 16.6 Å². The Hall–Kier alpha value is -3.70. The quantitative estimate of drug-likeness (QED) is 0.428. The summed E-state index contributed by atoms with van der Waals surface area (Å²) in [6.45, 7) is 0. The van der Waals surface area contributed by atoms with Crippen molar-refractivity contribution in [2.75, 3.05) is 0 Å². The third-order valence-corrected chi connectivity index (χ3v) is 5.28. The molecule has 6 heteroatoms. The molecule has 0 bridgehead atoms. The minimum Gasteiger partial charge on any atom is -0.507 e. The van der Waals surface area contributed by atoms with Crippen molar-refractivity contribution in [2.24, 2.45) is 0 Å². The summed E-state index contributed by atoms with van der Waals surface area (Å²) in [5.41, 5.74) is 5.26. The van der Waals surface area contributed by atoms with Crippen molar-refractivity contribution in [1.29, 1.82) is 0 Å². The van der Waals surface area contributed by atoms with Gasteiger partial charge in [-0.25, -0.2) is 4.98 Å². The van der Waals surface area contributed by atoms with Crippen molar-refractivity contribution in [2.45, 2.75) is 6.42 Å². The van der Waals surface area contributed by atoms with Crippen molar-refractivity contribution >= 4 is 17.4 Å². The van der Waals surface area contributed by atoms with Crippen LogP contribution in [-0.2, 0) is 6.42 Å². The Kier molecular flexibility index (Phi) is 4.65. The van der Waals surface area contributed by atoms with Crippen LogP contribution in [0.15, 0.2) is 85.2 Å². The van der Waals surface area contributed by atoms with Crippen molar-refractivity contribution in [3.05, 3.63) is 101 Å². The molecule has 0 saturated heterocycles. The molecule has 2 aromatic heterocycles. The maximum absolute atomic E-state index is 10.6. The smallest absolute Gasteiger partial charge is 0.253 e. The van der Waals surface area contributed by atoms with Crippen LogP contribution < -0.4 is 0 Å². The second-order valence-corrected chi connectivity index (χ2v) is 7.38. The van der Waals surface area contributed by atoms with E-state index in [0.29, 0.717) is 28.5 Å². The number of phenolic OH excluding ortho intramolecular Hbond substituents is 1. The van der Waals surface area contributed by atoms with E-state index in [2.05, 4.69) is 10.1 Å². The molecule has 146 valence electrons. The Balaban J connectivity index is 1.84. The first-order chi connectivity index (χ1) is 14.7. The largest absolute Gasteiger partial charge is 0.507 e. The average Bonchev–Trinajstić information content (AvgIpc) is 3.24. The molecule has 0 amide bonds. The molecule has 0 radical (unpaired) electrons. The molecule has 30 heavy (non-hydrogen) atoms. The van der Waals surface area contributed by atoms with Crippen LogP contribution >= 0.6 is 11.6 Å². The van der Waals surface area contributed by atoms with E-state index in [9.17, 15) is 5.11 Å². The van der Waals surface area contributed by atoms with Gasteiger partial charge in [0.25, 0.3) is 5.78 Å². The number of para-hydroxylation sites is 1. The van der Waals surface area contributed by atoms with Gasteiger partial charge in [-0.15, -0.1) is 0 Å². The van der Waals surface area contributed by atoms with Crippen LogP contribution in [0.3, 0.4) is 0 Å². The van der Waals surface area contributed by atoms with E-state index in [1.165, 1.54) is 6.33 Å². The van der Waals surface area contributed by atoms with Gasteiger partial charge in [0, 0.05) is 28.1 Å². The minimum atomic E-state index is 0.172. The number of aromatic nitrogens is 4. The lowest BCUT2D eigenvalue weighted by molar-refractivity contribution is 0.477. The Morgan fingerprint density at radius 3 is 2.37 bits per heavy atom. The highest BCUT2D eigenvalue weighted by Gasteiger charge is 2.21. The first kappa shape index (κ1) is 18.3. The van der Waals surface area contributed by atoms with E-state index in [1.54, 1.807) is 16.6 Å². The molecular weight excluding hydrogens is 396 g/mol. The molecule has 0 fully saturated rings. The van der Waals surface area contributed by atoms with Crippen molar-refractivity contribution in [3.63, 3.8) is 0 Å². The summed E-state index contributed by atoms with van der Waals surface area (Å²) in [6.07, 6.45) is 2.09. The molecule has 5 rings (SSSR count). The Bertz CT molecular complexity index is 1330. The van der Waals surface area contributed by atoms with E-state index in [1.807, 2.05) is 66.7 Å². The molecule has 0 saturated carbocycles. The van der Waals surface area contributed by atoms with E-state index >= 15 is 0 Å². The number of hydrogen-bond donors (Lipinski definition) is 1. The molecular formula is C24H17ClN4O. The molecule has 5 aromatic rings. The third-order valence-electron chi connectivity index (χ3n) is 5.03. The standard InChI is InChI=1S/C24H17ClN4O/c25-18-12-10-16(11-13-18)14-20-22(19-8-4-5-9-21(19)30)28-24-26-15-27-29(24)23(20)17-6-2-1-3-7-17/h1-13,15,30H,14H2. The summed E-state index contributed by atoms with van der Waals surface area (Å²) in [5, 5.41) is 15.7. The number of phenols is 1. The Morgan fingerprint density at radius 2 is 1.60 bits per heavy atom. The van der Waals surface area contributed by atoms with E-state index in [-0.39, 0.29) is 5.75 Å². The van der Waals surface area contributed by atoms with Gasteiger partial charge in [-0.1, -0.05) is 66.2 Å². The van der Waals surface area contributed by atoms with Gasteiger partial charge in [-0.3, -0.25) is 0 Å². The summed E-state index contributed by atoms with van der Waals surface area (Å²) in [7, 11) is 0. The molecule has 0 aliphatic heterocycles. The highest BCUT2D eigenvalue weighted by atomic mass is 35.5. The lowest BCUT2D eigenvalue weighted by Gasteiger charge is -2.17. The number of aromatic hydroxyl groups is 1. The molecule has 0 aliphatic carbocycles. The van der Waals surface area contributed by atoms with Gasteiger partial charge in [-0.05, 0) is 29.8 Å². The monoisotopic (exact) mass is 412 g/mol.